The fourth-order valence-corrected chi connectivity index (χ4v) is 1.74. The lowest BCUT2D eigenvalue weighted by atomic mass is 10.3. The number of hydrogen-bond acceptors (Lipinski definition) is 4. The average Bonchev–Trinajstić information content (AvgIpc) is 2.30. The molecule has 1 rings (SSSR count). The molecule has 0 aromatic carbocycles. The van der Waals surface area contributed by atoms with Gasteiger partial charge in [0.15, 0.2) is 0 Å². The first-order chi connectivity index (χ1) is 8.54. The van der Waals surface area contributed by atoms with Gasteiger partial charge in [0.2, 0.25) is 0 Å². The summed E-state index contributed by atoms with van der Waals surface area (Å²) in [5, 5.41) is 3.35. The Morgan fingerprint density at radius 1 is 1.44 bits per heavy atom. The van der Waals surface area contributed by atoms with Crippen molar-refractivity contribution in [2.24, 2.45) is 0 Å². The third-order valence-electron chi connectivity index (χ3n) is 2.64. The highest BCUT2D eigenvalue weighted by molar-refractivity contribution is 5.06. The zero-order chi connectivity index (χ0) is 13.5. The molecule has 0 aliphatic heterocycles. The number of nitrogens with zero attached hydrogens (tertiary/aromatic N) is 2. The number of unbranched alkanes of at least 4 members (excludes halogenated alkanes) is 1. The van der Waals surface area contributed by atoms with Crippen molar-refractivity contribution in [3.05, 3.63) is 22.1 Å². The van der Waals surface area contributed by atoms with E-state index in [4.69, 9.17) is 4.74 Å². The lowest BCUT2D eigenvalue weighted by Crippen LogP contribution is -2.25. The minimum absolute atomic E-state index is 0.0452. The van der Waals surface area contributed by atoms with Gasteiger partial charge in [0.05, 0.1) is 7.11 Å². The van der Waals surface area contributed by atoms with Gasteiger partial charge in [0, 0.05) is 24.3 Å². The van der Waals surface area contributed by atoms with Crippen LogP contribution in [-0.4, -0.2) is 29.2 Å². The molecule has 102 valence electrons. The first kappa shape index (κ1) is 14.7. The van der Waals surface area contributed by atoms with Crippen molar-refractivity contribution in [3.63, 3.8) is 0 Å². The maximum absolute atomic E-state index is 11.8. The Hall–Kier alpha value is -1.36. The Labute approximate surface area is 108 Å². The van der Waals surface area contributed by atoms with Gasteiger partial charge in [-0.15, -0.1) is 0 Å². The maximum atomic E-state index is 11.8. The van der Waals surface area contributed by atoms with Crippen LogP contribution >= 0.6 is 0 Å². The van der Waals surface area contributed by atoms with Crippen molar-refractivity contribution in [2.75, 3.05) is 13.7 Å². The van der Waals surface area contributed by atoms with E-state index in [0.717, 1.165) is 19.4 Å². The normalized spacial score (nSPS) is 10.9. The summed E-state index contributed by atoms with van der Waals surface area (Å²) >= 11 is 0. The van der Waals surface area contributed by atoms with Crippen molar-refractivity contribution in [1.29, 1.82) is 0 Å². The van der Waals surface area contributed by atoms with Crippen LogP contribution in [0, 0.1) is 6.92 Å². The second-order valence-electron chi connectivity index (χ2n) is 4.69. The predicted molar refractivity (Wildman–Crippen MR) is 72.2 cm³/mol. The summed E-state index contributed by atoms with van der Waals surface area (Å²) in [6.45, 7) is 7.65. The van der Waals surface area contributed by atoms with Gasteiger partial charge in [-0.25, -0.2) is 4.98 Å². The Kier molecular flexibility index (Phi) is 5.85. The molecule has 1 aromatic rings. The maximum Gasteiger partial charge on any atom is 0.299 e. The molecule has 0 saturated carbocycles. The van der Waals surface area contributed by atoms with Crippen molar-refractivity contribution in [2.45, 2.75) is 46.2 Å². The molecule has 0 spiro atoms. The van der Waals surface area contributed by atoms with E-state index in [0.29, 0.717) is 24.3 Å². The molecule has 0 fully saturated rings. The minimum Gasteiger partial charge on any atom is -0.468 e. The number of aromatic nitrogens is 2. The van der Waals surface area contributed by atoms with Gasteiger partial charge in [0.25, 0.3) is 11.6 Å². The molecule has 18 heavy (non-hydrogen) atoms. The molecule has 0 unspecified atom stereocenters. The van der Waals surface area contributed by atoms with Gasteiger partial charge >= 0.3 is 0 Å². The van der Waals surface area contributed by atoms with Crippen molar-refractivity contribution in [1.82, 2.24) is 14.9 Å². The molecule has 0 saturated heterocycles. The molecule has 0 atom stereocenters. The van der Waals surface area contributed by atoms with Crippen molar-refractivity contribution in [3.8, 4) is 6.01 Å². The summed E-state index contributed by atoms with van der Waals surface area (Å²) in [6, 6.07) is 2.44. The van der Waals surface area contributed by atoms with Crippen LogP contribution in [0.15, 0.2) is 10.9 Å². The summed E-state index contributed by atoms with van der Waals surface area (Å²) in [4.78, 5) is 16.0. The highest BCUT2D eigenvalue weighted by Gasteiger charge is 2.06. The van der Waals surface area contributed by atoms with Crippen molar-refractivity contribution >= 4 is 0 Å². The van der Waals surface area contributed by atoms with Crippen LogP contribution < -0.4 is 15.6 Å². The molecular weight excluding hydrogens is 230 g/mol. The van der Waals surface area contributed by atoms with Gasteiger partial charge in [-0.1, -0.05) is 13.8 Å². The van der Waals surface area contributed by atoms with Crippen LogP contribution in [0.25, 0.3) is 0 Å². The number of aryl methyl sites for hydroxylation is 1. The lowest BCUT2D eigenvalue weighted by Gasteiger charge is -2.11. The Morgan fingerprint density at radius 2 is 2.17 bits per heavy atom. The third-order valence-corrected chi connectivity index (χ3v) is 2.64. The third kappa shape index (κ3) is 4.49. The molecule has 0 aliphatic carbocycles. The zero-order valence-corrected chi connectivity index (χ0v) is 11.7. The molecule has 0 amide bonds. The second-order valence-corrected chi connectivity index (χ2v) is 4.69. The standard InChI is InChI=1S/C13H23N3O2/c1-10(2)14-7-5-6-8-16-12(17)9-11(3)15-13(16)18-4/h9-10,14H,5-8H2,1-4H3. The van der Waals surface area contributed by atoms with Gasteiger partial charge in [-0.3, -0.25) is 9.36 Å². The number of hydrogen-bond donors (Lipinski definition) is 1. The van der Waals surface area contributed by atoms with Crippen LogP contribution in [0.4, 0.5) is 0 Å². The van der Waals surface area contributed by atoms with E-state index < -0.39 is 0 Å². The summed E-state index contributed by atoms with van der Waals surface area (Å²) in [7, 11) is 1.54. The topological polar surface area (TPSA) is 56.1 Å². The monoisotopic (exact) mass is 253 g/mol. The van der Waals surface area contributed by atoms with E-state index in [-0.39, 0.29) is 5.56 Å². The lowest BCUT2D eigenvalue weighted by molar-refractivity contribution is 0.340. The minimum atomic E-state index is -0.0452. The first-order valence-electron chi connectivity index (χ1n) is 6.40. The highest BCUT2D eigenvalue weighted by atomic mass is 16.5. The SMILES string of the molecule is COc1nc(C)cc(=O)n1CCCCNC(C)C. The molecule has 0 aliphatic rings. The Bertz CT molecular complexity index is 427. The molecule has 5 heteroatoms. The number of methoxy groups -OCH3 is 1. The van der Waals surface area contributed by atoms with Crippen molar-refractivity contribution < 1.29 is 4.74 Å². The number of ether oxygens (including phenoxy) is 1. The molecule has 5 nitrogen and oxygen atoms in total. The fraction of sp³-hybridized carbons (Fsp3) is 0.692. The molecular formula is C13H23N3O2. The Morgan fingerprint density at radius 3 is 2.78 bits per heavy atom. The van der Waals surface area contributed by atoms with Crippen LogP contribution in [-0.2, 0) is 6.54 Å². The fourth-order valence-electron chi connectivity index (χ4n) is 1.74. The van der Waals surface area contributed by atoms with Gasteiger partial charge in [0.1, 0.15) is 0 Å². The largest absolute Gasteiger partial charge is 0.468 e. The molecule has 0 radical (unpaired) electrons. The average molecular weight is 253 g/mol. The van der Waals surface area contributed by atoms with Gasteiger partial charge in [-0.2, -0.15) is 0 Å². The number of nitrogens with one attached hydrogen (secondary N) is 1. The summed E-state index contributed by atoms with van der Waals surface area (Å²) < 4.78 is 6.72. The predicted octanol–water partition coefficient (Wildman–Crippen LogP) is 1.34. The van der Waals surface area contributed by atoms with E-state index in [9.17, 15) is 4.79 Å². The first-order valence-corrected chi connectivity index (χ1v) is 6.40. The Balaban J connectivity index is 2.54. The zero-order valence-electron chi connectivity index (χ0n) is 11.7. The molecule has 0 bridgehead atoms. The molecule has 1 aromatic heterocycles. The van der Waals surface area contributed by atoms with Crippen LogP contribution in [0.3, 0.4) is 0 Å². The summed E-state index contributed by atoms with van der Waals surface area (Å²) in [5.41, 5.74) is 0.644. The summed E-state index contributed by atoms with van der Waals surface area (Å²) in [5.74, 6) is 0. The second kappa shape index (κ2) is 7.16. The van der Waals surface area contributed by atoms with E-state index >= 15 is 0 Å². The van der Waals surface area contributed by atoms with E-state index in [1.54, 1.807) is 11.5 Å². The van der Waals surface area contributed by atoms with E-state index in [1.165, 1.54) is 13.2 Å². The smallest absolute Gasteiger partial charge is 0.299 e. The summed E-state index contributed by atoms with van der Waals surface area (Å²) in [6.07, 6.45) is 1.96. The van der Waals surface area contributed by atoms with Crippen LogP contribution in [0.5, 0.6) is 6.01 Å². The highest BCUT2D eigenvalue weighted by Crippen LogP contribution is 2.05. The number of rotatable bonds is 7. The quantitative estimate of drug-likeness (QED) is 0.745. The molecule has 1 N–H and O–H groups in total. The van der Waals surface area contributed by atoms with Gasteiger partial charge in [-0.05, 0) is 26.3 Å². The molecule has 1 heterocycles. The van der Waals surface area contributed by atoms with E-state index in [2.05, 4.69) is 24.1 Å². The van der Waals surface area contributed by atoms with E-state index in [1.807, 2.05) is 0 Å². The van der Waals surface area contributed by atoms with Gasteiger partial charge < -0.3 is 10.1 Å². The van der Waals surface area contributed by atoms with Crippen LogP contribution in [0.1, 0.15) is 32.4 Å². The van der Waals surface area contributed by atoms with Crippen LogP contribution in [0.2, 0.25) is 0 Å².